The van der Waals surface area contributed by atoms with Crippen LogP contribution in [0.25, 0.3) is 44.3 Å². The van der Waals surface area contributed by atoms with Crippen LogP contribution in [0.5, 0.6) is 0 Å². The summed E-state index contributed by atoms with van der Waals surface area (Å²) < 4.78 is 0. The molecule has 0 fully saturated rings. The van der Waals surface area contributed by atoms with E-state index in [2.05, 4.69) is 84.5 Å². The molecule has 0 atom stereocenters. The number of rotatable bonds is 6. The lowest BCUT2D eigenvalue weighted by atomic mass is 10.1. The van der Waals surface area contributed by atoms with E-state index in [0.717, 1.165) is 68.5 Å². The Kier molecular flexibility index (Phi) is 6.10. The molecule has 2 heterocycles. The van der Waals surface area contributed by atoms with Gasteiger partial charge in [0, 0.05) is 71.5 Å². The van der Waals surface area contributed by atoms with Crippen LogP contribution in [-0.2, 0) is 0 Å². The number of amidine groups is 2. The Morgan fingerprint density at radius 1 is 0.611 bits per heavy atom. The molecule has 0 bridgehead atoms. The summed E-state index contributed by atoms with van der Waals surface area (Å²) in [6.45, 7) is 5.71. The smallest absolute Gasteiger partial charge is 0.127 e. The van der Waals surface area contributed by atoms with Crippen LogP contribution in [0.1, 0.15) is 25.0 Å². The molecule has 5 aromatic rings. The van der Waals surface area contributed by atoms with E-state index in [1.165, 1.54) is 0 Å². The van der Waals surface area contributed by atoms with E-state index < -0.39 is 0 Å². The van der Waals surface area contributed by atoms with Gasteiger partial charge in [-0.15, -0.1) is 0 Å². The minimum atomic E-state index is 0.527. The molecule has 0 aliphatic heterocycles. The molecule has 2 aromatic heterocycles. The molecule has 4 N–H and O–H groups in total. The van der Waals surface area contributed by atoms with E-state index in [1.807, 2.05) is 36.0 Å². The fourth-order valence-corrected chi connectivity index (χ4v) is 4.45. The zero-order chi connectivity index (χ0) is 25.4. The normalized spacial score (nSPS) is 11.2. The predicted molar refractivity (Wildman–Crippen MR) is 151 cm³/mol. The van der Waals surface area contributed by atoms with E-state index in [9.17, 15) is 0 Å². The molecule has 0 saturated carbocycles. The summed E-state index contributed by atoms with van der Waals surface area (Å²) in [6, 6.07) is 25.2. The van der Waals surface area contributed by atoms with Crippen molar-refractivity contribution in [2.45, 2.75) is 13.8 Å². The number of H-pyrrole nitrogens is 2. The van der Waals surface area contributed by atoms with Crippen LogP contribution in [0.15, 0.2) is 72.8 Å². The summed E-state index contributed by atoms with van der Waals surface area (Å²) >= 11 is 0. The molecular weight excluding hydrogens is 444 g/mol. The maximum absolute atomic E-state index is 8.38. The van der Waals surface area contributed by atoms with Gasteiger partial charge >= 0.3 is 0 Å². The average molecular weight is 477 g/mol. The Labute approximate surface area is 211 Å². The van der Waals surface area contributed by atoms with Crippen molar-refractivity contribution in [2.24, 2.45) is 0 Å². The van der Waals surface area contributed by atoms with Gasteiger partial charge in [-0.1, -0.05) is 48.5 Å². The monoisotopic (exact) mass is 476 g/mol. The molecule has 5 rings (SSSR count). The van der Waals surface area contributed by atoms with Crippen LogP contribution in [0, 0.1) is 10.8 Å². The van der Waals surface area contributed by atoms with Crippen LogP contribution >= 0.6 is 0 Å². The Hall–Kier alpha value is -4.32. The standard InChI is InChI=1S/C30H32N6/c1-5-35(3)29(31)23-13-11-21-15-25(33-27(21)17-23)19-7-9-20(10-8-19)26-16-22-12-14-24(18-28(22)34-26)30(32)36(4)6-2/h7-18,31-34H,5-6H2,1-4H3. The second kappa shape index (κ2) is 9.38. The van der Waals surface area contributed by atoms with Crippen molar-refractivity contribution in [2.75, 3.05) is 27.2 Å². The van der Waals surface area contributed by atoms with Crippen LogP contribution in [-0.4, -0.2) is 58.6 Å². The van der Waals surface area contributed by atoms with Gasteiger partial charge in [-0.3, -0.25) is 10.8 Å². The molecule has 182 valence electrons. The van der Waals surface area contributed by atoms with E-state index in [1.54, 1.807) is 0 Å². The van der Waals surface area contributed by atoms with Gasteiger partial charge in [0.25, 0.3) is 0 Å². The number of aromatic amines is 2. The Morgan fingerprint density at radius 2 is 1.00 bits per heavy atom. The topological polar surface area (TPSA) is 85.8 Å². The lowest BCUT2D eigenvalue weighted by Crippen LogP contribution is -2.26. The van der Waals surface area contributed by atoms with E-state index in [-0.39, 0.29) is 0 Å². The average Bonchev–Trinajstić information content (AvgIpc) is 3.54. The number of aromatic nitrogens is 2. The third-order valence-corrected chi connectivity index (χ3v) is 7.01. The van der Waals surface area contributed by atoms with Crippen LogP contribution in [0.3, 0.4) is 0 Å². The molecule has 0 saturated heterocycles. The molecule has 0 unspecified atom stereocenters. The number of benzene rings is 3. The van der Waals surface area contributed by atoms with Crippen molar-refractivity contribution in [3.63, 3.8) is 0 Å². The minimum Gasteiger partial charge on any atom is -0.360 e. The third kappa shape index (κ3) is 4.26. The highest BCUT2D eigenvalue weighted by Gasteiger charge is 2.11. The van der Waals surface area contributed by atoms with E-state index in [0.29, 0.717) is 11.7 Å². The van der Waals surface area contributed by atoms with Crippen molar-refractivity contribution in [3.8, 4) is 22.5 Å². The maximum Gasteiger partial charge on any atom is 0.127 e. The van der Waals surface area contributed by atoms with Gasteiger partial charge in [0.05, 0.1) is 0 Å². The maximum atomic E-state index is 8.38. The highest BCUT2D eigenvalue weighted by molar-refractivity contribution is 6.01. The SMILES string of the molecule is CCN(C)C(=N)c1ccc2cc(-c3ccc(-c4cc5ccc(C(=N)N(C)CC)cc5[nH]4)cc3)[nH]c2c1. The van der Waals surface area contributed by atoms with Gasteiger partial charge in [0.15, 0.2) is 0 Å². The molecule has 0 spiro atoms. The highest BCUT2D eigenvalue weighted by atomic mass is 15.1. The van der Waals surface area contributed by atoms with Gasteiger partial charge in [0.2, 0.25) is 0 Å². The minimum absolute atomic E-state index is 0.527. The van der Waals surface area contributed by atoms with Crippen molar-refractivity contribution < 1.29 is 0 Å². The van der Waals surface area contributed by atoms with Crippen LogP contribution in [0.4, 0.5) is 0 Å². The van der Waals surface area contributed by atoms with Gasteiger partial charge in [0.1, 0.15) is 11.7 Å². The molecular formula is C30H32N6. The summed E-state index contributed by atoms with van der Waals surface area (Å²) in [5.41, 5.74) is 8.24. The summed E-state index contributed by atoms with van der Waals surface area (Å²) in [5.74, 6) is 1.05. The molecule has 0 radical (unpaired) electrons. The quantitative estimate of drug-likeness (QED) is 0.166. The summed E-state index contributed by atoms with van der Waals surface area (Å²) in [6.07, 6.45) is 0. The Balaban J connectivity index is 1.40. The molecule has 6 heteroatoms. The zero-order valence-electron chi connectivity index (χ0n) is 21.2. The van der Waals surface area contributed by atoms with Gasteiger partial charge < -0.3 is 19.8 Å². The first kappa shape index (κ1) is 23.4. The van der Waals surface area contributed by atoms with Crippen molar-refractivity contribution >= 4 is 33.5 Å². The molecule has 0 aliphatic rings. The highest BCUT2D eigenvalue weighted by Crippen LogP contribution is 2.29. The molecule has 6 nitrogen and oxygen atoms in total. The Morgan fingerprint density at radius 3 is 1.36 bits per heavy atom. The second-order valence-corrected chi connectivity index (χ2v) is 9.27. The van der Waals surface area contributed by atoms with Gasteiger partial charge in [-0.05, 0) is 49.2 Å². The molecule has 3 aromatic carbocycles. The largest absolute Gasteiger partial charge is 0.360 e. The number of hydrogen-bond acceptors (Lipinski definition) is 2. The van der Waals surface area contributed by atoms with Crippen molar-refractivity contribution in [3.05, 3.63) is 83.9 Å². The molecule has 0 aliphatic carbocycles. The second-order valence-electron chi connectivity index (χ2n) is 9.27. The fourth-order valence-electron chi connectivity index (χ4n) is 4.45. The number of fused-ring (bicyclic) bond motifs is 2. The first-order valence-corrected chi connectivity index (χ1v) is 12.3. The number of nitrogens with zero attached hydrogens (tertiary/aromatic N) is 2. The van der Waals surface area contributed by atoms with Crippen LogP contribution in [0.2, 0.25) is 0 Å². The van der Waals surface area contributed by atoms with Gasteiger partial charge in [-0.25, -0.2) is 0 Å². The predicted octanol–water partition coefficient (Wildman–Crippen LogP) is 6.54. The van der Waals surface area contributed by atoms with Crippen molar-refractivity contribution in [1.29, 1.82) is 10.8 Å². The molecule has 36 heavy (non-hydrogen) atoms. The Bertz CT molecular complexity index is 1450. The number of nitrogens with one attached hydrogen (secondary N) is 4. The first-order chi connectivity index (χ1) is 17.4. The lowest BCUT2D eigenvalue weighted by Gasteiger charge is -2.17. The van der Waals surface area contributed by atoms with Crippen LogP contribution < -0.4 is 0 Å². The number of hydrogen-bond donors (Lipinski definition) is 4. The summed E-state index contributed by atoms with van der Waals surface area (Å²) in [5, 5.41) is 19.0. The summed E-state index contributed by atoms with van der Waals surface area (Å²) in [7, 11) is 3.88. The van der Waals surface area contributed by atoms with E-state index in [4.69, 9.17) is 10.8 Å². The first-order valence-electron chi connectivity index (χ1n) is 12.3. The zero-order valence-corrected chi connectivity index (χ0v) is 21.2. The van der Waals surface area contributed by atoms with Crippen molar-refractivity contribution in [1.82, 2.24) is 19.8 Å². The van der Waals surface area contributed by atoms with Gasteiger partial charge in [-0.2, -0.15) is 0 Å². The third-order valence-electron chi connectivity index (χ3n) is 7.01. The fraction of sp³-hybridized carbons (Fsp3) is 0.200. The lowest BCUT2D eigenvalue weighted by molar-refractivity contribution is 0.533. The molecule has 0 amide bonds. The summed E-state index contributed by atoms with van der Waals surface area (Å²) in [4.78, 5) is 10.9. The van der Waals surface area contributed by atoms with E-state index >= 15 is 0 Å².